The van der Waals surface area contributed by atoms with Gasteiger partial charge in [0.1, 0.15) is 17.0 Å². The molecule has 0 heterocycles. The second-order valence-electron chi connectivity index (χ2n) is 4.91. The zero-order valence-electron chi connectivity index (χ0n) is 11.5. The van der Waals surface area contributed by atoms with E-state index in [1.165, 1.54) is 7.11 Å². The van der Waals surface area contributed by atoms with Crippen molar-refractivity contribution in [3.05, 3.63) is 29.8 Å². The predicted octanol–water partition coefficient (Wildman–Crippen LogP) is 1.45. The van der Waals surface area contributed by atoms with Crippen molar-refractivity contribution in [2.75, 3.05) is 25.6 Å². The van der Waals surface area contributed by atoms with Crippen LogP contribution in [-0.4, -0.2) is 32.1 Å². The van der Waals surface area contributed by atoms with Gasteiger partial charge in [-0.25, -0.2) is 8.78 Å². The maximum Gasteiger partial charge on any atom is 0.240 e. The molecule has 1 aromatic rings. The Morgan fingerprint density at radius 2 is 2.00 bits per heavy atom. The molecule has 0 unspecified atom stereocenters. The molecule has 0 radical (unpaired) electrons. The number of benzene rings is 1. The number of hydrogen-bond acceptors (Lipinski definition) is 3. The zero-order chi connectivity index (χ0) is 15.5. The largest absolute Gasteiger partial charge is 0.383 e. The fourth-order valence-electron chi connectivity index (χ4n) is 1.95. The van der Waals surface area contributed by atoms with E-state index in [0.29, 0.717) is 32.1 Å². The Hall–Kier alpha value is -2.02. The lowest BCUT2D eigenvalue weighted by Gasteiger charge is -2.15. The molecule has 7 heteroatoms. The molecule has 1 saturated carbocycles. The third kappa shape index (κ3) is 3.36. The third-order valence-electron chi connectivity index (χ3n) is 3.39. The van der Waals surface area contributed by atoms with E-state index in [2.05, 4.69) is 10.6 Å². The molecule has 0 spiro atoms. The minimum Gasteiger partial charge on any atom is -0.383 e. The highest BCUT2D eigenvalue weighted by Crippen LogP contribution is 2.46. The van der Waals surface area contributed by atoms with Crippen molar-refractivity contribution < 1.29 is 23.1 Å². The van der Waals surface area contributed by atoms with Crippen molar-refractivity contribution in [2.24, 2.45) is 5.41 Å². The monoisotopic (exact) mass is 298 g/mol. The van der Waals surface area contributed by atoms with Gasteiger partial charge in [0.05, 0.1) is 12.3 Å². The summed E-state index contributed by atoms with van der Waals surface area (Å²) in [6.07, 6.45) is 0.806. The predicted molar refractivity (Wildman–Crippen MR) is 71.5 cm³/mol. The Bertz CT molecular complexity index is 559. The summed E-state index contributed by atoms with van der Waals surface area (Å²) in [5.41, 5.74) is -1.30. The highest BCUT2D eigenvalue weighted by molar-refractivity contribution is 6.13. The fraction of sp³-hybridized carbons (Fsp3) is 0.429. The SMILES string of the molecule is COCCNC(=O)C1(C(=O)Nc2ccc(F)cc2F)CC1. The zero-order valence-corrected chi connectivity index (χ0v) is 11.5. The average molecular weight is 298 g/mol. The number of anilines is 1. The molecule has 1 fully saturated rings. The van der Waals surface area contributed by atoms with Crippen LogP contribution in [0.3, 0.4) is 0 Å². The van der Waals surface area contributed by atoms with E-state index in [-0.39, 0.29) is 5.69 Å². The summed E-state index contributed by atoms with van der Waals surface area (Å²) >= 11 is 0. The number of hydrogen-bond donors (Lipinski definition) is 2. The van der Waals surface area contributed by atoms with Crippen LogP contribution in [0.2, 0.25) is 0 Å². The Kier molecular flexibility index (Phi) is 4.52. The van der Waals surface area contributed by atoms with Crippen molar-refractivity contribution >= 4 is 17.5 Å². The molecule has 0 atom stereocenters. The van der Waals surface area contributed by atoms with Gasteiger partial charge < -0.3 is 15.4 Å². The smallest absolute Gasteiger partial charge is 0.240 e. The van der Waals surface area contributed by atoms with Crippen LogP contribution in [0.1, 0.15) is 12.8 Å². The van der Waals surface area contributed by atoms with Gasteiger partial charge in [-0.3, -0.25) is 9.59 Å². The molecule has 2 rings (SSSR count). The molecule has 1 aromatic carbocycles. The number of halogens is 2. The molecule has 1 aliphatic carbocycles. The van der Waals surface area contributed by atoms with E-state index in [0.717, 1.165) is 12.1 Å². The fourth-order valence-corrected chi connectivity index (χ4v) is 1.95. The lowest BCUT2D eigenvalue weighted by atomic mass is 10.1. The summed E-state index contributed by atoms with van der Waals surface area (Å²) in [4.78, 5) is 24.1. The molecule has 21 heavy (non-hydrogen) atoms. The third-order valence-corrected chi connectivity index (χ3v) is 3.39. The normalized spacial score (nSPS) is 15.4. The number of carbonyl (C=O) groups is 2. The highest BCUT2D eigenvalue weighted by Gasteiger charge is 2.56. The first-order chi connectivity index (χ1) is 9.99. The Morgan fingerprint density at radius 3 is 2.57 bits per heavy atom. The first-order valence-electron chi connectivity index (χ1n) is 6.53. The minimum atomic E-state index is -1.16. The molecular weight excluding hydrogens is 282 g/mol. The van der Waals surface area contributed by atoms with Crippen molar-refractivity contribution in [1.82, 2.24) is 5.32 Å². The number of methoxy groups -OCH3 is 1. The Labute approximate surface area is 120 Å². The number of ether oxygens (including phenoxy) is 1. The van der Waals surface area contributed by atoms with Gasteiger partial charge in [-0.05, 0) is 25.0 Å². The van der Waals surface area contributed by atoms with E-state index in [1.807, 2.05) is 0 Å². The molecule has 2 amide bonds. The van der Waals surface area contributed by atoms with Crippen LogP contribution < -0.4 is 10.6 Å². The van der Waals surface area contributed by atoms with Gasteiger partial charge in [0.2, 0.25) is 11.8 Å². The van der Waals surface area contributed by atoms with Crippen molar-refractivity contribution in [2.45, 2.75) is 12.8 Å². The Morgan fingerprint density at radius 1 is 1.29 bits per heavy atom. The maximum atomic E-state index is 13.5. The molecule has 0 bridgehead atoms. The van der Waals surface area contributed by atoms with Crippen LogP contribution in [0.15, 0.2) is 18.2 Å². The second-order valence-corrected chi connectivity index (χ2v) is 4.91. The number of amides is 2. The highest BCUT2D eigenvalue weighted by atomic mass is 19.1. The van der Waals surface area contributed by atoms with Crippen molar-refractivity contribution in [1.29, 1.82) is 0 Å². The van der Waals surface area contributed by atoms with E-state index in [9.17, 15) is 18.4 Å². The number of carbonyl (C=O) groups excluding carboxylic acids is 2. The summed E-state index contributed by atoms with van der Waals surface area (Å²) in [7, 11) is 1.50. The molecular formula is C14H16F2N2O3. The second kappa shape index (κ2) is 6.17. The molecule has 0 aromatic heterocycles. The topological polar surface area (TPSA) is 67.4 Å². The maximum absolute atomic E-state index is 13.5. The number of rotatable bonds is 6. The lowest BCUT2D eigenvalue weighted by Crippen LogP contribution is -2.41. The summed E-state index contributed by atoms with van der Waals surface area (Å²) in [5, 5.41) is 4.94. The molecule has 5 nitrogen and oxygen atoms in total. The van der Waals surface area contributed by atoms with Crippen molar-refractivity contribution in [3.63, 3.8) is 0 Å². The minimum absolute atomic E-state index is 0.141. The van der Waals surface area contributed by atoms with E-state index < -0.39 is 28.9 Å². The standard InChI is InChI=1S/C14H16F2N2O3/c1-21-7-6-17-12(19)14(4-5-14)13(20)18-11-3-2-9(15)8-10(11)16/h2-3,8H,4-7H2,1H3,(H,17,19)(H,18,20). The molecule has 0 saturated heterocycles. The van der Waals surface area contributed by atoms with Gasteiger partial charge in [-0.15, -0.1) is 0 Å². The summed E-state index contributed by atoms with van der Waals surface area (Å²) in [5.74, 6) is -2.59. The molecule has 2 N–H and O–H groups in total. The van der Waals surface area contributed by atoms with Crippen LogP contribution in [0.4, 0.5) is 14.5 Å². The summed E-state index contributed by atoms with van der Waals surface area (Å²) in [6.45, 7) is 0.644. The average Bonchev–Trinajstić information content (AvgIpc) is 3.23. The van der Waals surface area contributed by atoms with E-state index >= 15 is 0 Å². The first kappa shape index (κ1) is 15.4. The van der Waals surface area contributed by atoms with Gasteiger partial charge >= 0.3 is 0 Å². The summed E-state index contributed by atoms with van der Waals surface area (Å²) < 4.78 is 31.1. The Balaban J connectivity index is 2.00. The molecule has 1 aliphatic rings. The summed E-state index contributed by atoms with van der Waals surface area (Å²) in [6, 6.07) is 2.84. The van der Waals surface area contributed by atoms with Crippen LogP contribution in [0.25, 0.3) is 0 Å². The quantitative estimate of drug-likeness (QED) is 0.617. The first-order valence-corrected chi connectivity index (χ1v) is 6.53. The number of nitrogens with one attached hydrogen (secondary N) is 2. The van der Waals surface area contributed by atoms with Crippen LogP contribution in [0, 0.1) is 17.0 Å². The van der Waals surface area contributed by atoms with Crippen LogP contribution in [-0.2, 0) is 14.3 Å². The molecule has 0 aliphatic heterocycles. The van der Waals surface area contributed by atoms with Gasteiger partial charge in [0.25, 0.3) is 0 Å². The van der Waals surface area contributed by atoms with Crippen molar-refractivity contribution in [3.8, 4) is 0 Å². The van der Waals surface area contributed by atoms with E-state index in [1.54, 1.807) is 0 Å². The van der Waals surface area contributed by atoms with Gasteiger partial charge in [-0.2, -0.15) is 0 Å². The lowest BCUT2D eigenvalue weighted by molar-refractivity contribution is -0.134. The van der Waals surface area contributed by atoms with Crippen LogP contribution in [0.5, 0.6) is 0 Å². The molecule has 114 valence electrons. The van der Waals surface area contributed by atoms with Gasteiger partial charge in [-0.1, -0.05) is 0 Å². The van der Waals surface area contributed by atoms with Gasteiger partial charge in [0.15, 0.2) is 0 Å². The van der Waals surface area contributed by atoms with Gasteiger partial charge in [0, 0.05) is 19.7 Å². The van der Waals surface area contributed by atoms with E-state index in [4.69, 9.17) is 4.74 Å². The van der Waals surface area contributed by atoms with Crippen LogP contribution >= 0.6 is 0 Å².